The molecule has 6 nitrogen and oxygen atoms in total. The van der Waals surface area contributed by atoms with Gasteiger partial charge in [-0.2, -0.15) is 4.31 Å². The summed E-state index contributed by atoms with van der Waals surface area (Å²) in [6, 6.07) is 3.31. The normalized spacial score (nSPS) is 22.0. The number of nitrogens with zero attached hydrogens (tertiary/aromatic N) is 1. The van der Waals surface area contributed by atoms with Gasteiger partial charge in [0.25, 0.3) is 0 Å². The van der Waals surface area contributed by atoms with Crippen LogP contribution < -0.4 is 10.1 Å². The second-order valence-corrected chi connectivity index (χ2v) is 7.97. The molecule has 0 unspecified atom stereocenters. The number of hydrogen-bond donors (Lipinski definition) is 1. The molecule has 3 rings (SSSR count). The van der Waals surface area contributed by atoms with Gasteiger partial charge in [0.1, 0.15) is 11.8 Å². The van der Waals surface area contributed by atoms with Crippen LogP contribution in [0.25, 0.3) is 0 Å². The Bertz CT molecular complexity index is 745. The first-order chi connectivity index (χ1) is 11.7. The summed E-state index contributed by atoms with van der Waals surface area (Å²) in [5.74, 6) is -0.823. The van der Waals surface area contributed by atoms with Crippen molar-refractivity contribution >= 4 is 15.9 Å². The molecule has 10 heteroatoms. The number of hydrogen-bond acceptors (Lipinski definition) is 4. The first kappa shape index (κ1) is 18.0. The van der Waals surface area contributed by atoms with Gasteiger partial charge in [-0.15, -0.1) is 13.2 Å². The Balaban J connectivity index is 1.76. The van der Waals surface area contributed by atoms with Crippen LogP contribution in [-0.4, -0.2) is 43.6 Å². The molecule has 1 aromatic rings. The van der Waals surface area contributed by atoms with E-state index < -0.39 is 28.2 Å². The molecule has 1 saturated heterocycles. The van der Waals surface area contributed by atoms with Crippen molar-refractivity contribution in [3.63, 3.8) is 0 Å². The average Bonchev–Trinajstić information content (AvgIpc) is 3.17. The van der Waals surface area contributed by atoms with Crippen LogP contribution in [-0.2, 0) is 14.8 Å². The molecule has 0 spiro atoms. The molecule has 25 heavy (non-hydrogen) atoms. The first-order valence-electron chi connectivity index (χ1n) is 7.85. The van der Waals surface area contributed by atoms with Crippen molar-refractivity contribution in [1.29, 1.82) is 0 Å². The van der Waals surface area contributed by atoms with Gasteiger partial charge in [-0.05, 0) is 49.9 Å². The van der Waals surface area contributed by atoms with E-state index in [0.29, 0.717) is 12.8 Å². The number of alkyl halides is 3. The van der Waals surface area contributed by atoms with E-state index in [0.717, 1.165) is 41.4 Å². The lowest BCUT2D eigenvalue weighted by Gasteiger charge is -2.23. The standard InChI is InChI=1S/C15H17F3N2O4S/c16-15(17,18)24-11-5-7-12(8-6-11)25(22,23)20-9-1-2-13(20)14(21)19-10-3-4-10/h5-8,10,13H,1-4,9H2,(H,19,21)/t13-/m1/s1. The molecule has 138 valence electrons. The number of carbonyl (C=O) groups is 1. The SMILES string of the molecule is O=C(NC1CC1)[C@H]1CCCN1S(=O)(=O)c1ccc(OC(F)(F)F)cc1. The second kappa shape index (κ2) is 6.49. The fraction of sp³-hybridized carbons (Fsp3) is 0.533. The Morgan fingerprint density at radius 1 is 1.16 bits per heavy atom. The van der Waals surface area contributed by atoms with Gasteiger partial charge in [-0.1, -0.05) is 0 Å². The summed E-state index contributed by atoms with van der Waals surface area (Å²) < 4.78 is 66.8. The molecule has 1 saturated carbocycles. The van der Waals surface area contributed by atoms with E-state index >= 15 is 0 Å². The molecule has 0 bridgehead atoms. The third-order valence-electron chi connectivity index (χ3n) is 4.09. The highest BCUT2D eigenvalue weighted by atomic mass is 32.2. The van der Waals surface area contributed by atoms with Crippen LogP contribution in [0.15, 0.2) is 29.2 Å². The third-order valence-corrected chi connectivity index (χ3v) is 6.02. The number of halogens is 3. The van der Waals surface area contributed by atoms with Gasteiger partial charge in [-0.25, -0.2) is 8.42 Å². The number of ether oxygens (including phenoxy) is 1. The maximum Gasteiger partial charge on any atom is 0.573 e. The minimum absolute atomic E-state index is 0.122. The smallest absolute Gasteiger partial charge is 0.406 e. The predicted molar refractivity (Wildman–Crippen MR) is 81.2 cm³/mol. The number of carbonyl (C=O) groups excluding carboxylic acids is 1. The predicted octanol–water partition coefficient (Wildman–Crippen LogP) is 2.02. The van der Waals surface area contributed by atoms with Crippen molar-refractivity contribution in [2.75, 3.05) is 6.54 Å². The summed E-state index contributed by atoms with van der Waals surface area (Å²) in [4.78, 5) is 12.1. The lowest BCUT2D eigenvalue weighted by Crippen LogP contribution is -2.46. The zero-order chi connectivity index (χ0) is 18.2. The van der Waals surface area contributed by atoms with Gasteiger partial charge in [-0.3, -0.25) is 4.79 Å². The Morgan fingerprint density at radius 2 is 1.80 bits per heavy atom. The van der Waals surface area contributed by atoms with Gasteiger partial charge >= 0.3 is 6.36 Å². The first-order valence-corrected chi connectivity index (χ1v) is 9.29. The van der Waals surface area contributed by atoms with Gasteiger partial charge in [0.15, 0.2) is 0 Å². The highest BCUT2D eigenvalue weighted by Crippen LogP contribution is 2.29. The Hall–Kier alpha value is -1.81. The highest BCUT2D eigenvalue weighted by molar-refractivity contribution is 7.89. The lowest BCUT2D eigenvalue weighted by molar-refractivity contribution is -0.274. The maximum atomic E-state index is 12.7. The van der Waals surface area contributed by atoms with E-state index in [1.165, 1.54) is 0 Å². The fourth-order valence-corrected chi connectivity index (χ4v) is 4.42. The molecule has 1 N–H and O–H groups in total. The number of rotatable bonds is 5. The van der Waals surface area contributed by atoms with Crippen LogP contribution >= 0.6 is 0 Å². The molecule has 1 aliphatic carbocycles. The zero-order valence-electron chi connectivity index (χ0n) is 13.1. The number of sulfonamides is 1. The summed E-state index contributed by atoms with van der Waals surface area (Å²) in [6.07, 6.45) is -2.08. The summed E-state index contributed by atoms with van der Waals surface area (Å²) in [7, 11) is -3.97. The molecule has 0 radical (unpaired) electrons. The molecular weight excluding hydrogens is 361 g/mol. The minimum Gasteiger partial charge on any atom is -0.406 e. The van der Waals surface area contributed by atoms with Gasteiger partial charge in [0, 0.05) is 12.6 Å². The summed E-state index contributed by atoms with van der Waals surface area (Å²) in [5, 5.41) is 2.79. The molecular formula is C15H17F3N2O4S. The van der Waals surface area contributed by atoms with Crippen molar-refractivity contribution in [1.82, 2.24) is 9.62 Å². The highest BCUT2D eigenvalue weighted by Gasteiger charge is 2.41. The number of amides is 1. The topological polar surface area (TPSA) is 75.7 Å². The van der Waals surface area contributed by atoms with Crippen LogP contribution in [0.2, 0.25) is 0 Å². The summed E-state index contributed by atoms with van der Waals surface area (Å²) in [6.45, 7) is 0.200. The summed E-state index contributed by atoms with van der Waals surface area (Å²) >= 11 is 0. The average molecular weight is 378 g/mol. The second-order valence-electron chi connectivity index (χ2n) is 6.08. The maximum absolute atomic E-state index is 12.7. The Labute approximate surface area is 143 Å². The molecule has 1 amide bonds. The molecule has 2 aliphatic rings. The monoisotopic (exact) mass is 378 g/mol. The van der Waals surface area contributed by atoms with Crippen LogP contribution in [0, 0.1) is 0 Å². The van der Waals surface area contributed by atoms with Crippen LogP contribution in [0.5, 0.6) is 5.75 Å². The van der Waals surface area contributed by atoms with Crippen molar-refractivity contribution in [2.45, 2.75) is 49.0 Å². The van der Waals surface area contributed by atoms with Crippen molar-refractivity contribution < 1.29 is 31.1 Å². The zero-order valence-corrected chi connectivity index (χ0v) is 13.9. The van der Waals surface area contributed by atoms with Crippen LogP contribution in [0.4, 0.5) is 13.2 Å². The molecule has 1 atom stereocenters. The fourth-order valence-electron chi connectivity index (χ4n) is 2.76. The van der Waals surface area contributed by atoms with Crippen molar-refractivity contribution in [2.24, 2.45) is 0 Å². The van der Waals surface area contributed by atoms with E-state index in [-0.39, 0.29) is 23.4 Å². The molecule has 0 aromatic heterocycles. The molecule has 1 aliphatic heterocycles. The molecule has 2 fully saturated rings. The Kier molecular flexibility index (Phi) is 4.67. The quantitative estimate of drug-likeness (QED) is 0.851. The largest absolute Gasteiger partial charge is 0.573 e. The van der Waals surface area contributed by atoms with Gasteiger partial charge in [0.2, 0.25) is 15.9 Å². The van der Waals surface area contributed by atoms with E-state index in [2.05, 4.69) is 10.1 Å². The molecule has 1 aromatic carbocycles. The van der Waals surface area contributed by atoms with Crippen molar-refractivity contribution in [3.8, 4) is 5.75 Å². The molecule has 1 heterocycles. The summed E-state index contributed by atoms with van der Waals surface area (Å²) in [5.41, 5.74) is 0. The Morgan fingerprint density at radius 3 is 2.36 bits per heavy atom. The minimum atomic E-state index is -4.85. The van der Waals surface area contributed by atoms with E-state index in [9.17, 15) is 26.4 Å². The number of benzene rings is 1. The van der Waals surface area contributed by atoms with Gasteiger partial charge < -0.3 is 10.1 Å². The van der Waals surface area contributed by atoms with Crippen LogP contribution in [0.3, 0.4) is 0 Å². The van der Waals surface area contributed by atoms with E-state index in [4.69, 9.17) is 0 Å². The van der Waals surface area contributed by atoms with Gasteiger partial charge in [0.05, 0.1) is 4.90 Å². The number of nitrogens with one attached hydrogen (secondary N) is 1. The van der Waals surface area contributed by atoms with E-state index in [1.54, 1.807) is 0 Å². The van der Waals surface area contributed by atoms with E-state index in [1.807, 2.05) is 0 Å². The van der Waals surface area contributed by atoms with Crippen LogP contribution in [0.1, 0.15) is 25.7 Å². The third kappa shape index (κ3) is 4.24. The lowest BCUT2D eigenvalue weighted by atomic mass is 10.2. The van der Waals surface area contributed by atoms with Crippen molar-refractivity contribution in [3.05, 3.63) is 24.3 Å².